The molecule has 46 heavy (non-hydrogen) atoms. The summed E-state index contributed by atoms with van der Waals surface area (Å²) < 4.78 is 26.8. The van der Waals surface area contributed by atoms with Gasteiger partial charge in [-0.05, 0) is 79.1 Å². The van der Waals surface area contributed by atoms with Crippen LogP contribution in [0.3, 0.4) is 0 Å². The zero-order valence-electron chi connectivity index (χ0n) is 25.1. The Morgan fingerprint density at radius 2 is 2.00 bits per heavy atom. The highest BCUT2D eigenvalue weighted by molar-refractivity contribution is 6.33. The zero-order chi connectivity index (χ0) is 32.8. The molecule has 1 aliphatic carbocycles. The number of hydrogen-bond donors (Lipinski definition) is 4. The number of aromatic nitrogens is 1. The number of nitrogens with one attached hydrogen (secondary N) is 1. The molecule has 0 fully saturated rings. The van der Waals surface area contributed by atoms with Gasteiger partial charge in [-0.25, -0.2) is 4.39 Å². The lowest BCUT2D eigenvalue weighted by atomic mass is 9.95. The summed E-state index contributed by atoms with van der Waals surface area (Å²) in [5, 5.41) is 42.5. The first kappa shape index (κ1) is 32.5. The zero-order valence-corrected chi connectivity index (χ0v) is 25.9. The van der Waals surface area contributed by atoms with Crippen molar-refractivity contribution in [3.63, 3.8) is 0 Å². The topological polar surface area (TPSA) is 145 Å². The molecular formula is C35H33ClFN3O6. The quantitative estimate of drug-likeness (QED) is 0.123. The third-order valence-corrected chi connectivity index (χ3v) is 8.38. The van der Waals surface area contributed by atoms with Gasteiger partial charge in [0.25, 0.3) is 0 Å². The van der Waals surface area contributed by atoms with Crippen molar-refractivity contribution in [1.82, 2.24) is 4.98 Å². The molecule has 4 N–H and O–H groups in total. The molecule has 0 amide bonds. The van der Waals surface area contributed by atoms with Gasteiger partial charge in [0, 0.05) is 29.6 Å². The molecule has 0 spiro atoms. The summed E-state index contributed by atoms with van der Waals surface area (Å²) in [5.74, 6) is -2.72. The molecule has 5 rings (SSSR count). The van der Waals surface area contributed by atoms with Crippen molar-refractivity contribution in [2.24, 2.45) is 5.92 Å². The average Bonchev–Trinajstić information content (AvgIpc) is 3.47. The Morgan fingerprint density at radius 3 is 2.74 bits per heavy atom. The van der Waals surface area contributed by atoms with Gasteiger partial charge < -0.3 is 30.1 Å². The normalized spacial score (nSPS) is 14.3. The number of carboxylic acids is 1. The summed E-state index contributed by atoms with van der Waals surface area (Å²) in [6.07, 6.45) is 4.89. The first-order valence-corrected chi connectivity index (χ1v) is 15.3. The minimum atomic E-state index is -1.09. The van der Waals surface area contributed by atoms with Gasteiger partial charge in [0.05, 0.1) is 41.4 Å². The number of aryl methyl sites for hydroxylation is 1. The van der Waals surface area contributed by atoms with Gasteiger partial charge in [0.2, 0.25) is 0 Å². The monoisotopic (exact) mass is 645 g/mol. The SMILES string of the molecule is CCOc1ccc(-c2cccc3c2CC[C@@H]3Nc2cc(OCc3cncc(C#N)c3)c(CC[C@H](CO)C(=O)O)cc2Cl)c(F)c1O. The molecule has 0 saturated heterocycles. The number of aliphatic hydroxyl groups is 1. The van der Waals surface area contributed by atoms with Gasteiger partial charge >= 0.3 is 5.97 Å². The number of carboxylic acid groups (broad SMARTS) is 1. The smallest absolute Gasteiger partial charge is 0.308 e. The third kappa shape index (κ3) is 7.01. The van der Waals surface area contributed by atoms with Crippen LogP contribution in [0.1, 0.15) is 53.6 Å². The number of benzene rings is 3. The largest absolute Gasteiger partial charge is 0.502 e. The Bertz CT molecular complexity index is 1790. The molecule has 2 atom stereocenters. The molecule has 1 aliphatic rings. The van der Waals surface area contributed by atoms with Crippen LogP contribution in [0, 0.1) is 23.1 Å². The number of pyridine rings is 1. The van der Waals surface area contributed by atoms with Crippen LogP contribution < -0.4 is 14.8 Å². The highest BCUT2D eigenvalue weighted by atomic mass is 35.5. The number of aromatic hydroxyl groups is 1. The number of fused-ring (bicyclic) bond motifs is 1. The van der Waals surface area contributed by atoms with Crippen LogP contribution in [0.15, 0.2) is 60.9 Å². The highest BCUT2D eigenvalue weighted by Gasteiger charge is 2.28. The van der Waals surface area contributed by atoms with E-state index in [1.54, 1.807) is 43.5 Å². The van der Waals surface area contributed by atoms with Gasteiger partial charge in [-0.2, -0.15) is 5.26 Å². The second-order valence-electron chi connectivity index (χ2n) is 11.0. The van der Waals surface area contributed by atoms with E-state index in [-0.39, 0.29) is 30.4 Å². The summed E-state index contributed by atoms with van der Waals surface area (Å²) in [6.45, 7) is 1.67. The summed E-state index contributed by atoms with van der Waals surface area (Å²) in [5.41, 5.74) is 5.24. The highest BCUT2D eigenvalue weighted by Crippen LogP contribution is 2.44. The van der Waals surface area contributed by atoms with Crippen LogP contribution in [-0.2, 0) is 24.2 Å². The van der Waals surface area contributed by atoms with Crippen molar-refractivity contribution in [2.45, 2.75) is 45.3 Å². The maximum atomic E-state index is 15.3. The fourth-order valence-electron chi connectivity index (χ4n) is 5.72. The fourth-order valence-corrected chi connectivity index (χ4v) is 5.96. The molecule has 11 heteroatoms. The Hall–Kier alpha value is -4.85. The number of phenols is 1. The van der Waals surface area contributed by atoms with E-state index in [9.17, 15) is 25.4 Å². The first-order chi connectivity index (χ1) is 22.2. The summed E-state index contributed by atoms with van der Waals surface area (Å²) >= 11 is 6.76. The minimum absolute atomic E-state index is 0.0934. The summed E-state index contributed by atoms with van der Waals surface area (Å²) in [6, 6.07) is 15.9. The molecule has 0 bridgehead atoms. The van der Waals surface area contributed by atoms with Crippen molar-refractivity contribution in [2.75, 3.05) is 18.5 Å². The van der Waals surface area contributed by atoms with Crippen LogP contribution in [0.5, 0.6) is 17.2 Å². The molecule has 238 valence electrons. The van der Waals surface area contributed by atoms with E-state index < -0.39 is 30.1 Å². The van der Waals surface area contributed by atoms with Crippen molar-refractivity contribution >= 4 is 23.3 Å². The fraction of sp³-hybridized carbons (Fsp3) is 0.286. The second-order valence-corrected chi connectivity index (χ2v) is 11.4. The second kappa shape index (κ2) is 14.5. The molecule has 3 aromatic carbocycles. The van der Waals surface area contributed by atoms with E-state index >= 15 is 4.39 Å². The maximum Gasteiger partial charge on any atom is 0.308 e. The van der Waals surface area contributed by atoms with E-state index in [4.69, 9.17) is 21.1 Å². The lowest BCUT2D eigenvalue weighted by Crippen LogP contribution is -2.18. The molecule has 1 aromatic heterocycles. The number of carbonyl (C=O) groups is 1. The lowest BCUT2D eigenvalue weighted by Gasteiger charge is -2.21. The van der Waals surface area contributed by atoms with Crippen molar-refractivity contribution in [3.05, 3.63) is 99.6 Å². The van der Waals surface area contributed by atoms with E-state index in [0.717, 1.165) is 11.1 Å². The number of ether oxygens (including phenoxy) is 2. The molecule has 0 saturated carbocycles. The Kier molecular flexibility index (Phi) is 10.3. The van der Waals surface area contributed by atoms with Crippen LogP contribution in [0.25, 0.3) is 11.1 Å². The molecule has 0 unspecified atom stereocenters. The number of halogens is 2. The first-order valence-electron chi connectivity index (χ1n) is 14.9. The van der Waals surface area contributed by atoms with Gasteiger partial charge in [0.1, 0.15) is 18.4 Å². The maximum absolute atomic E-state index is 15.3. The number of anilines is 1. The Labute approximate surface area is 270 Å². The number of nitriles is 1. The van der Waals surface area contributed by atoms with Crippen LogP contribution >= 0.6 is 11.6 Å². The summed E-state index contributed by atoms with van der Waals surface area (Å²) in [7, 11) is 0. The Morgan fingerprint density at radius 1 is 1.17 bits per heavy atom. The molecule has 4 aromatic rings. The number of phenolic OH excluding ortho intramolecular Hbond substituents is 1. The molecule has 1 heterocycles. The van der Waals surface area contributed by atoms with Gasteiger partial charge in [-0.3, -0.25) is 9.78 Å². The van der Waals surface area contributed by atoms with E-state index in [0.29, 0.717) is 64.6 Å². The van der Waals surface area contributed by atoms with E-state index in [1.807, 2.05) is 18.2 Å². The molecule has 0 radical (unpaired) electrons. The van der Waals surface area contributed by atoms with E-state index in [2.05, 4.69) is 16.4 Å². The number of aliphatic carboxylic acids is 1. The molecule has 9 nitrogen and oxygen atoms in total. The standard InChI is InChI=1S/C35H33ClFN3O6/c1-2-45-31-11-9-27(33(37)34(31)42)24-4-3-5-26-25(24)8-10-29(26)40-30-14-32(46-19-21-12-20(15-38)16-39-17-21)22(13-28(30)36)6-7-23(18-41)35(43)44/h3-5,9,11-14,16-17,23,29,40-42H,2,6-8,10,18-19H2,1H3,(H,43,44)/t23-,29+/m1/s1. The Balaban J connectivity index is 1.43. The van der Waals surface area contributed by atoms with Crippen molar-refractivity contribution < 1.29 is 34.0 Å². The number of aliphatic hydroxyl groups excluding tert-OH is 1. The lowest BCUT2D eigenvalue weighted by molar-refractivity contribution is -0.143. The van der Waals surface area contributed by atoms with Gasteiger partial charge in [0.15, 0.2) is 17.3 Å². The third-order valence-electron chi connectivity index (χ3n) is 8.07. The van der Waals surface area contributed by atoms with Crippen LogP contribution in [0.2, 0.25) is 5.02 Å². The number of rotatable bonds is 13. The minimum Gasteiger partial charge on any atom is -0.502 e. The molecular weight excluding hydrogens is 613 g/mol. The van der Waals surface area contributed by atoms with Crippen molar-refractivity contribution in [1.29, 1.82) is 5.26 Å². The van der Waals surface area contributed by atoms with Gasteiger partial charge in [-0.15, -0.1) is 0 Å². The average molecular weight is 646 g/mol. The van der Waals surface area contributed by atoms with E-state index in [1.165, 1.54) is 6.20 Å². The van der Waals surface area contributed by atoms with Gasteiger partial charge in [-0.1, -0.05) is 29.8 Å². The number of nitrogens with zero attached hydrogens (tertiary/aromatic N) is 2. The van der Waals surface area contributed by atoms with Crippen LogP contribution in [0.4, 0.5) is 10.1 Å². The van der Waals surface area contributed by atoms with Crippen LogP contribution in [-0.4, -0.2) is 39.5 Å². The predicted molar refractivity (Wildman–Crippen MR) is 171 cm³/mol. The predicted octanol–water partition coefficient (Wildman–Crippen LogP) is 6.82. The summed E-state index contributed by atoms with van der Waals surface area (Å²) in [4.78, 5) is 15.6. The number of hydrogen-bond acceptors (Lipinski definition) is 8. The molecule has 0 aliphatic heterocycles. The van der Waals surface area contributed by atoms with Crippen molar-refractivity contribution in [3.8, 4) is 34.4 Å².